The summed E-state index contributed by atoms with van der Waals surface area (Å²) in [5.74, 6) is 0. The molecule has 3 rings (SSSR count). The Morgan fingerprint density at radius 3 is 2.52 bits per heavy atom. The largest absolute Gasteiger partial charge is 0.443 e. The molecule has 1 saturated carbocycles. The van der Waals surface area contributed by atoms with Crippen LogP contribution < -0.4 is 10.2 Å². The Hall–Kier alpha value is -2.39. The minimum Gasteiger partial charge on any atom is -0.443 e. The van der Waals surface area contributed by atoms with Gasteiger partial charge < -0.3 is 14.8 Å². The van der Waals surface area contributed by atoms with Crippen molar-refractivity contribution in [2.75, 3.05) is 25.0 Å². The van der Waals surface area contributed by atoms with Gasteiger partial charge in [-0.25, -0.2) is 4.79 Å². The molecule has 0 radical (unpaired) electrons. The van der Waals surface area contributed by atoms with E-state index in [1.54, 1.807) is 4.90 Å². The van der Waals surface area contributed by atoms with E-state index in [1.807, 2.05) is 31.3 Å². The molecule has 0 spiro atoms. The fraction of sp³-hybridized carbons (Fsp3) is 0.471. The normalized spacial score (nSPS) is 20.8. The molecule has 122 valence electrons. The van der Waals surface area contributed by atoms with Crippen molar-refractivity contribution in [3.8, 4) is 6.07 Å². The molecule has 1 heterocycles. The third-order valence-electron chi connectivity index (χ3n) is 4.00. The van der Waals surface area contributed by atoms with Crippen LogP contribution >= 0.6 is 0 Å². The molecule has 1 N–H and O–H groups in total. The van der Waals surface area contributed by atoms with Gasteiger partial charge in [-0.2, -0.15) is 5.26 Å². The summed E-state index contributed by atoms with van der Waals surface area (Å²) in [6, 6.07) is 10.1. The number of anilines is 1. The molecule has 1 amide bonds. The zero-order valence-corrected chi connectivity index (χ0v) is 13.4. The van der Waals surface area contributed by atoms with Crippen molar-refractivity contribution < 1.29 is 14.3 Å². The van der Waals surface area contributed by atoms with Gasteiger partial charge in [0.15, 0.2) is 0 Å². The number of nitrogens with one attached hydrogen (secondary N) is 1. The number of benzene rings is 1. The van der Waals surface area contributed by atoms with E-state index in [4.69, 9.17) is 9.53 Å². The molecule has 1 aliphatic carbocycles. The summed E-state index contributed by atoms with van der Waals surface area (Å²) in [7, 11) is 1.84. The van der Waals surface area contributed by atoms with Crippen LogP contribution in [0.15, 0.2) is 24.3 Å². The number of ether oxygens (including phenoxy) is 1. The van der Waals surface area contributed by atoms with Crippen LogP contribution in [0.5, 0.6) is 0 Å². The lowest BCUT2D eigenvalue weighted by Crippen LogP contribution is -2.29. The Balaban J connectivity index is 0.000000595. The Bertz CT molecular complexity index is 603. The van der Waals surface area contributed by atoms with E-state index in [0.717, 1.165) is 30.4 Å². The monoisotopic (exact) mass is 315 g/mol. The Labute approximate surface area is 136 Å². The molecule has 0 bridgehead atoms. The van der Waals surface area contributed by atoms with Crippen LogP contribution in [0.4, 0.5) is 10.5 Å². The molecule has 23 heavy (non-hydrogen) atoms. The molecule has 6 heteroatoms. The number of hydrogen-bond donors (Lipinski definition) is 1. The maximum absolute atomic E-state index is 11.8. The molecule has 1 aromatic carbocycles. The smallest absolute Gasteiger partial charge is 0.414 e. The first-order chi connectivity index (χ1) is 11.1. The highest BCUT2D eigenvalue weighted by Gasteiger charge is 2.44. The SMILES string of the molecule is CC=O.CNCC1CN(c2ccc(C3(C#N)CC3)cc2)C(=O)O1. The Kier molecular flexibility index (Phi) is 5.35. The van der Waals surface area contributed by atoms with Crippen molar-refractivity contribution >= 4 is 18.1 Å². The van der Waals surface area contributed by atoms with E-state index >= 15 is 0 Å². The summed E-state index contributed by atoms with van der Waals surface area (Å²) >= 11 is 0. The second-order valence-electron chi connectivity index (χ2n) is 5.65. The van der Waals surface area contributed by atoms with Crippen molar-refractivity contribution in [1.29, 1.82) is 5.26 Å². The van der Waals surface area contributed by atoms with Gasteiger partial charge in [-0.1, -0.05) is 12.1 Å². The number of carbonyl (C=O) groups excluding carboxylic acids is 2. The summed E-state index contributed by atoms with van der Waals surface area (Å²) in [6.07, 6.45) is 2.19. The van der Waals surface area contributed by atoms with E-state index in [2.05, 4.69) is 11.4 Å². The van der Waals surface area contributed by atoms with Crippen molar-refractivity contribution in [3.63, 3.8) is 0 Å². The van der Waals surface area contributed by atoms with E-state index in [0.29, 0.717) is 13.1 Å². The van der Waals surface area contributed by atoms with Gasteiger partial charge in [0, 0.05) is 12.2 Å². The molecule has 0 aromatic heterocycles. The highest BCUT2D eigenvalue weighted by Crippen LogP contribution is 2.47. The van der Waals surface area contributed by atoms with Gasteiger partial charge in [0.1, 0.15) is 12.4 Å². The lowest BCUT2D eigenvalue weighted by atomic mass is 9.97. The molecular formula is C17H21N3O3. The first-order valence-corrected chi connectivity index (χ1v) is 7.64. The molecule has 1 saturated heterocycles. The number of nitrogens with zero attached hydrogens (tertiary/aromatic N) is 2. The molecule has 1 unspecified atom stereocenters. The second kappa shape index (κ2) is 7.25. The minimum absolute atomic E-state index is 0.110. The summed E-state index contributed by atoms with van der Waals surface area (Å²) in [5, 5.41) is 12.2. The predicted octanol–water partition coefficient (Wildman–Crippen LogP) is 1.99. The fourth-order valence-electron chi connectivity index (χ4n) is 2.62. The van der Waals surface area contributed by atoms with Crippen molar-refractivity contribution in [3.05, 3.63) is 29.8 Å². The number of cyclic esters (lactones) is 1. The zero-order chi connectivity index (χ0) is 16.9. The van der Waals surface area contributed by atoms with Gasteiger partial charge in [-0.15, -0.1) is 0 Å². The molecule has 1 aromatic rings. The van der Waals surface area contributed by atoms with Crippen LogP contribution in [-0.4, -0.2) is 38.6 Å². The van der Waals surface area contributed by atoms with Crippen molar-refractivity contribution in [2.24, 2.45) is 0 Å². The summed E-state index contributed by atoms with van der Waals surface area (Å²) in [4.78, 5) is 22.3. The zero-order valence-electron chi connectivity index (χ0n) is 13.4. The van der Waals surface area contributed by atoms with E-state index in [9.17, 15) is 10.1 Å². The van der Waals surface area contributed by atoms with Crippen LogP contribution in [0.1, 0.15) is 25.3 Å². The van der Waals surface area contributed by atoms with Crippen LogP contribution in [0.3, 0.4) is 0 Å². The van der Waals surface area contributed by atoms with Gasteiger partial charge in [0.05, 0.1) is 18.0 Å². The fourth-order valence-corrected chi connectivity index (χ4v) is 2.62. The Morgan fingerprint density at radius 1 is 1.43 bits per heavy atom. The first kappa shape index (κ1) is 17.0. The average molecular weight is 315 g/mol. The highest BCUT2D eigenvalue weighted by molar-refractivity contribution is 5.89. The maximum Gasteiger partial charge on any atom is 0.414 e. The number of hydrogen-bond acceptors (Lipinski definition) is 5. The lowest BCUT2D eigenvalue weighted by molar-refractivity contribution is -0.106. The van der Waals surface area contributed by atoms with Crippen LogP contribution in [0, 0.1) is 11.3 Å². The van der Waals surface area contributed by atoms with Crippen LogP contribution in [0.2, 0.25) is 0 Å². The molecule has 1 atom stereocenters. The molecule has 6 nitrogen and oxygen atoms in total. The van der Waals surface area contributed by atoms with Crippen molar-refractivity contribution in [2.45, 2.75) is 31.3 Å². The summed E-state index contributed by atoms with van der Waals surface area (Å²) in [6.45, 7) is 2.65. The number of nitriles is 1. The number of amides is 1. The van der Waals surface area contributed by atoms with E-state index in [-0.39, 0.29) is 17.6 Å². The van der Waals surface area contributed by atoms with Gasteiger partial charge in [0.25, 0.3) is 0 Å². The molecular weight excluding hydrogens is 294 g/mol. The lowest BCUT2D eigenvalue weighted by Gasteiger charge is -2.14. The standard InChI is InChI=1S/C15H17N3O2.C2H4O/c1-17-8-13-9-18(14(19)20-13)12-4-2-11(3-5-12)15(10-16)6-7-15;1-2-3/h2-5,13,17H,6-9H2,1H3;2H,1H3. The van der Waals surface area contributed by atoms with Crippen LogP contribution in [-0.2, 0) is 14.9 Å². The first-order valence-electron chi connectivity index (χ1n) is 7.64. The Morgan fingerprint density at radius 2 is 2.04 bits per heavy atom. The highest BCUT2D eigenvalue weighted by atomic mass is 16.6. The quantitative estimate of drug-likeness (QED) is 0.859. The predicted molar refractivity (Wildman–Crippen MR) is 86.2 cm³/mol. The van der Waals surface area contributed by atoms with Gasteiger partial charge >= 0.3 is 6.09 Å². The second-order valence-corrected chi connectivity index (χ2v) is 5.65. The van der Waals surface area contributed by atoms with Gasteiger partial charge in [-0.05, 0) is 44.5 Å². The van der Waals surface area contributed by atoms with Gasteiger partial charge in [0.2, 0.25) is 0 Å². The van der Waals surface area contributed by atoms with E-state index < -0.39 is 0 Å². The topological polar surface area (TPSA) is 82.4 Å². The number of carbonyl (C=O) groups is 2. The number of likely N-dealkylation sites (N-methyl/N-ethyl adjacent to an activating group) is 1. The average Bonchev–Trinajstić information content (AvgIpc) is 3.27. The molecule has 2 aliphatic rings. The molecule has 1 aliphatic heterocycles. The van der Waals surface area contributed by atoms with Crippen molar-refractivity contribution in [1.82, 2.24) is 5.32 Å². The molecule has 2 fully saturated rings. The van der Waals surface area contributed by atoms with Crippen LogP contribution in [0.25, 0.3) is 0 Å². The third kappa shape index (κ3) is 3.69. The maximum atomic E-state index is 11.8. The van der Waals surface area contributed by atoms with Gasteiger partial charge in [-0.3, -0.25) is 4.90 Å². The number of aldehydes is 1. The van der Waals surface area contributed by atoms with E-state index in [1.165, 1.54) is 6.92 Å². The summed E-state index contributed by atoms with van der Waals surface area (Å²) < 4.78 is 5.27. The summed E-state index contributed by atoms with van der Waals surface area (Å²) in [5.41, 5.74) is 1.59. The number of rotatable bonds is 4. The third-order valence-corrected chi connectivity index (χ3v) is 4.00. The minimum atomic E-state index is -0.306.